The van der Waals surface area contributed by atoms with Crippen LogP contribution in [0, 0.1) is 0 Å². The van der Waals surface area contributed by atoms with Crippen LogP contribution in [0.2, 0.25) is 0 Å². The lowest BCUT2D eigenvalue weighted by Crippen LogP contribution is -2.49. The van der Waals surface area contributed by atoms with Crippen molar-refractivity contribution < 1.29 is 9.84 Å². The van der Waals surface area contributed by atoms with Crippen molar-refractivity contribution in [1.29, 1.82) is 0 Å². The van der Waals surface area contributed by atoms with Gasteiger partial charge in [0.15, 0.2) is 0 Å². The minimum Gasteiger partial charge on any atom is -0.395 e. The van der Waals surface area contributed by atoms with Gasteiger partial charge >= 0.3 is 0 Å². The molecule has 0 fully saturated rings. The summed E-state index contributed by atoms with van der Waals surface area (Å²) in [5.74, 6) is 0. The fourth-order valence-corrected chi connectivity index (χ4v) is 2.35. The Hall–Kier alpha value is -0.160. The zero-order valence-electron chi connectivity index (χ0n) is 12.8. The zero-order valence-corrected chi connectivity index (χ0v) is 12.8. The van der Waals surface area contributed by atoms with Gasteiger partial charge in [0.25, 0.3) is 0 Å². The molecular weight excluding hydrogens is 228 g/mol. The quantitative estimate of drug-likeness (QED) is 0.591. The van der Waals surface area contributed by atoms with Gasteiger partial charge in [0, 0.05) is 38.3 Å². The molecule has 0 radical (unpaired) electrons. The molecule has 1 atom stereocenters. The number of ether oxygens (including phenoxy) is 1. The van der Waals surface area contributed by atoms with Gasteiger partial charge in [-0.1, -0.05) is 27.7 Å². The van der Waals surface area contributed by atoms with Crippen LogP contribution in [0.5, 0.6) is 0 Å². The van der Waals surface area contributed by atoms with Crippen LogP contribution >= 0.6 is 0 Å². The number of hydrogen-bond acceptors (Lipinski definition) is 4. The summed E-state index contributed by atoms with van der Waals surface area (Å²) in [5, 5.41) is 12.9. The Morgan fingerprint density at radius 1 is 1.22 bits per heavy atom. The number of aliphatic hydroxyl groups is 1. The van der Waals surface area contributed by atoms with Crippen LogP contribution in [0.25, 0.3) is 0 Å². The Bertz CT molecular complexity index is 185. The van der Waals surface area contributed by atoms with E-state index in [0.29, 0.717) is 12.1 Å². The number of aliphatic hydroxyl groups excluding tert-OH is 1. The third-order valence-electron chi connectivity index (χ3n) is 3.29. The van der Waals surface area contributed by atoms with E-state index in [1.807, 2.05) is 0 Å². The molecule has 0 amide bonds. The summed E-state index contributed by atoms with van der Waals surface area (Å²) in [5.41, 5.74) is 0. The van der Waals surface area contributed by atoms with E-state index in [9.17, 15) is 5.11 Å². The van der Waals surface area contributed by atoms with Crippen LogP contribution in [0.15, 0.2) is 0 Å². The summed E-state index contributed by atoms with van der Waals surface area (Å²) >= 11 is 0. The molecule has 0 heterocycles. The third-order valence-corrected chi connectivity index (χ3v) is 3.29. The molecule has 110 valence electrons. The second kappa shape index (κ2) is 10.7. The second-order valence-electron chi connectivity index (χ2n) is 5.16. The smallest absolute Gasteiger partial charge is 0.0597 e. The molecule has 0 aliphatic carbocycles. The van der Waals surface area contributed by atoms with Gasteiger partial charge in [-0.3, -0.25) is 4.90 Å². The van der Waals surface area contributed by atoms with Gasteiger partial charge in [-0.25, -0.2) is 0 Å². The first kappa shape index (κ1) is 17.8. The molecule has 4 heteroatoms. The number of hydrogen-bond donors (Lipinski definition) is 2. The second-order valence-corrected chi connectivity index (χ2v) is 5.16. The van der Waals surface area contributed by atoms with Gasteiger partial charge in [0.05, 0.1) is 13.2 Å². The normalized spacial score (nSPS) is 13.8. The predicted octanol–water partition coefficient (Wildman–Crippen LogP) is 1.48. The van der Waals surface area contributed by atoms with Crippen molar-refractivity contribution in [1.82, 2.24) is 10.2 Å². The van der Waals surface area contributed by atoms with Crippen LogP contribution in [-0.4, -0.2) is 61.5 Å². The summed E-state index contributed by atoms with van der Waals surface area (Å²) in [6.45, 7) is 11.4. The highest BCUT2D eigenvalue weighted by molar-refractivity contribution is 4.77. The maximum absolute atomic E-state index is 9.46. The molecule has 2 N–H and O–H groups in total. The predicted molar refractivity (Wildman–Crippen MR) is 77.0 cm³/mol. The molecule has 4 nitrogen and oxygen atoms in total. The maximum atomic E-state index is 9.46. The minimum absolute atomic E-state index is 0.141. The van der Waals surface area contributed by atoms with Crippen molar-refractivity contribution in [3.8, 4) is 0 Å². The van der Waals surface area contributed by atoms with E-state index in [1.54, 1.807) is 7.11 Å². The molecule has 0 spiro atoms. The van der Waals surface area contributed by atoms with Crippen molar-refractivity contribution in [3.63, 3.8) is 0 Å². The Kier molecular flexibility index (Phi) is 10.6. The molecule has 0 saturated heterocycles. The molecule has 0 bridgehead atoms. The summed E-state index contributed by atoms with van der Waals surface area (Å²) in [6, 6.07) is 1.11. The molecule has 0 rings (SSSR count). The third kappa shape index (κ3) is 7.31. The van der Waals surface area contributed by atoms with Crippen molar-refractivity contribution >= 4 is 0 Å². The molecule has 1 unspecified atom stereocenters. The SMILES string of the molecule is CCC(CC)N(CCOC)CC(CO)NC(C)C. The van der Waals surface area contributed by atoms with Crippen LogP contribution < -0.4 is 5.32 Å². The van der Waals surface area contributed by atoms with Crippen LogP contribution in [0.1, 0.15) is 40.5 Å². The van der Waals surface area contributed by atoms with Crippen LogP contribution in [-0.2, 0) is 4.74 Å². The highest BCUT2D eigenvalue weighted by atomic mass is 16.5. The van der Waals surface area contributed by atoms with Crippen LogP contribution in [0.4, 0.5) is 0 Å². The van der Waals surface area contributed by atoms with Crippen molar-refractivity contribution in [2.45, 2.75) is 58.7 Å². The van der Waals surface area contributed by atoms with E-state index in [1.165, 1.54) is 0 Å². The van der Waals surface area contributed by atoms with Gasteiger partial charge in [-0.2, -0.15) is 0 Å². The van der Waals surface area contributed by atoms with Gasteiger partial charge in [0.1, 0.15) is 0 Å². The van der Waals surface area contributed by atoms with Crippen molar-refractivity contribution in [2.24, 2.45) is 0 Å². The topological polar surface area (TPSA) is 44.7 Å². The van der Waals surface area contributed by atoms with Gasteiger partial charge in [0.2, 0.25) is 0 Å². The molecule has 0 saturated carbocycles. The van der Waals surface area contributed by atoms with Crippen molar-refractivity contribution in [3.05, 3.63) is 0 Å². The molecule has 0 aliphatic rings. The lowest BCUT2D eigenvalue weighted by Gasteiger charge is -2.34. The molecule has 0 aliphatic heterocycles. The van der Waals surface area contributed by atoms with Crippen molar-refractivity contribution in [2.75, 3.05) is 33.4 Å². The Morgan fingerprint density at radius 2 is 1.83 bits per heavy atom. The summed E-state index contributed by atoms with van der Waals surface area (Å²) in [6.07, 6.45) is 2.28. The Morgan fingerprint density at radius 3 is 2.22 bits per heavy atom. The lowest BCUT2D eigenvalue weighted by atomic mass is 10.1. The maximum Gasteiger partial charge on any atom is 0.0597 e. The summed E-state index contributed by atoms with van der Waals surface area (Å²) in [4.78, 5) is 2.43. The van der Waals surface area contributed by atoms with Gasteiger partial charge in [-0.05, 0) is 12.8 Å². The fraction of sp³-hybridized carbons (Fsp3) is 1.00. The van der Waals surface area contributed by atoms with E-state index in [4.69, 9.17) is 4.74 Å². The van der Waals surface area contributed by atoms with E-state index < -0.39 is 0 Å². The van der Waals surface area contributed by atoms with Gasteiger partial charge in [-0.15, -0.1) is 0 Å². The number of nitrogens with one attached hydrogen (secondary N) is 1. The lowest BCUT2D eigenvalue weighted by molar-refractivity contribution is 0.0938. The largest absolute Gasteiger partial charge is 0.395 e. The average molecular weight is 260 g/mol. The number of nitrogens with zero attached hydrogens (tertiary/aromatic N) is 1. The molecular formula is C14H32N2O2. The van der Waals surface area contributed by atoms with E-state index >= 15 is 0 Å². The fourth-order valence-electron chi connectivity index (χ4n) is 2.35. The molecule has 0 aromatic carbocycles. The highest BCUT2D eigenvalue weighted by Crippen LogP contribution is 2.09. The molecule has 0 aromatic heterocycles. The van der Waals surface area contributed by atoms with E-state index in [-0.39, 0.29) is 12.6 Å². The molecule has 18 heavy (non-hydrogen) atoms. The first-order valence-corrected chi connectivity index (χ1v) is 7.18. The first-order chi connectivity index (χ1) is 8.58. The van der Waals surface area contributed by atoms with E-state index in [2.05, 4.69) is 37.9 Å². The zero-order chi connectivity index (χ0) is 14.0. The minimum atomic E-state index is 0.141. The van der Waals surface area contributed by atoms with Gasteiger partial charge < -0.3 is 15.2 Å². The summed E-state index contributed by atoms with van der Waals surface area (Å²) < 4.78 is 5.18. The average Bonchev–Trinajstić information content (AvgIpc) is 2.35. The first-order valence-electron chi connectivity index (χ1n) is 7.18. The molecule has 0 aromatic rings. The highest BCUT2D eigenvalue weighted by Gasteiger charge is 2.19. The number of rotatable bonds is 11. The van der Waals surface area contributed by atoms with E-state index in [0.717, 1.165) is 32.5 Å². The monoisotopic (exact) mass is 260 g/mol. The van der Waals surface area contributed by atoms with Crippen LogP contribution in [0.3, 0.4) is 0 Å². The number of methoxy groups -OCH3 is 1. The Balaban J connectivity index is 4.42. The standard InChI is InChI=1S/C14H32N2O2/c1-6-14(7-2)16(8-9-18-5)10-13(11-17)15-12(3)4/h12-15,17H,6-11H2,1-5H3. The summed E-state index contributed by atoms with van der Waals surface area (Å²) in [7, 11) is 1.74. The Labute approximate surface area is 113 Å².